The molecule has 0 amide bonds. The van der Waals surface area contributed by atoms with Crippen molar-refractivity contribution in [3.8, 4) is 5.75 Å². The molecule has 1 aliphatic heterocycles. The highest BCUT2D eigenvalue weighted by Gasteiger charge is 2.33. The van der Waals surface area contributed by atoms with Crippen molar-refractivity contribution in [3.63, 3.8) is 0 Å². The number of guanidine groups is 1. The van der Waals surface area contributed by atoms with E-state index in [1.54, 1.807) is 12.1 Å². The predicted octanol–water partition coefficient (Wildman–Crippen LogP) is 4.57. The summed E-state index contributed by atoms with van der Waals surface area (Å²) in [6.45, 7) is 7.35. The lowest BCUT2D eigenvalue weighted by molar-refractivity contribution is -0.384. The van der Waals surface area contributed by atoms with Gasteiger partial charge in [-0.05, 0) is 32.4 Å². The number of para-hydroxylation sites is 1. The monoisotopic (exact) mass is 510 g/mol. The van der Waals surface area contributed by atoms with E-state index in [4.69, 9.17) is 4.74 Å². The summed E-state index contributed by atoms with van der Waals surface area (Å²) in [7, 11) is 0. The number of non-ortho nitro benzene ring substituents is 1. The first-order chi connectivity index (χ1) is 13.4. The molecule has 1 atom stereocenters. The fourth-order valence-corrected chi connectivity index (χ4v) is 3.31. The van der Waals surface area contributed by atoms with E-state index in [2.05, 4.69) is 35.5 Å². The zero-order valence-corrected chi connectivity index (χ0v) is 19.2. The van der Waals surface area contributed by atoms with E-state index < -0.39 is 4.92 Å². The number of ether oxygens (including phenoxy) is 1. The van der Waals surface area contributed by atoms with Crippen molar-refractivity contribution < 1.29 is 9.66 Å². The van der Waals surface area contributed by atoms with Crippen LogP contribution in [-0.4, -0.2) is 23.0 Å². The number of nitro groups is 1. The topological polar surface area (TPSA) is 88.8 Å². The predicted molar refractivity (Wildman–Crippen MR) is 125 cm³/mol. The Bertz CT molecular complexity index is 868. The molecule has 3 rings (SSSR count). The maximum absolute atomic E-state index is 10.8. The molecular formula is C21H27IN4O3. The molecule has 2 aromatic rings. The van der Waals surface area contributed by atoms with Gasteiger partial charge in [-0.15, -0.1) is 24.0 Å². The van der Waals surface area contributed by atoms with Gasteiger partial charge in [0.2, 0.25) is 0 Å². The van der Waals surface area contributed by atoms with Gasteiger partial charge in [-0.2, -0.15) is 0 Å². The van der Waals surface area contributed by atoms with Crippen LogP contribution in [0.3, 0.4) is 0 Å². The van der Waals surface area contributed by atoms with Gasteiger partial charge in [0.05, 0.1) is 17.5 Å². The van der Waals surface area contributed by atoms with Crippen molar-refractivity contribution in [2.45, 2.75) is 45.4 Å². The third kappa shape index (κ3) is 6.06. The molecule has 7 nitrogen and oxygen atoms in total. The number of aliphatic imine (C=N–C) groups is 1. The summed E-state index contributed by atoms with van der Waals surface area (Å²) < 4.78 is 6.10. The maximum Gasteiger partial charge on any atom is 0.269 e. The molecule has 8 heteroatoms. The number of nitro benzene ring substituents is 1. The highest BCUT2D eigenvalue weighted by Crippen LogP contribution is 2.39. The van der Waals surface area contributed by atoms with Crippen molar-refractivity contribution in [1.29, 1.82) is 0 Å². The Hall–Kier alpha value is -2.36. The number of rotatable bonds is 5. The molecule has 0 aromatic heterocycles. The molecular weight excluding hydrogens is 483 g/mol. The summed E-state index contributed by atoms with van der Waals surface area (Å²) in [6.07, 6.45) is 0.811. The molecule has 0 fully saturated rings. The van der Waals surface area contributed by atoms with E-state index >= 15 is 0 Å². The molecule has 0 bridgehead atoms. The number of hydrogen-bond acceptors (Lipinski definition) is 4. The van der Waals surface area contributed by atoms with E-state index in [0.717, 1.165) is 29.8 Å². The first-order valence-corrected chi connectivity index (χ1v) is 9.44. The Kier molecular flexibility index (Phi) is 7.83. The van der Waals surface area contributed by atoms with Crippen LogP contribution in [0.25, 0.3) is 0 Å². The minimum absolute atomic E-state index is 0. The number of fused-ring (bicyclic) bond motifs is 1. The number of halogens is 1. The van der Waals surface area contributed by atoms with E-state index in [-0.39, 0.29) is 41.3 Å². The smallest absolute Gasteiger partial charge is 0.269 e. The van der Waals surface area contributed by atoms with Gasteiger partial charge in [0.25, 0.3) is 5.69 Å². The molecule has 0 saturated carbocycles. The third-order valence-corrected chi connectivity index (χ3v) is 4.60. The maximum atomic E-state index is 10.8. The van der Waals surface area contributed by atoms with Crippen LogP contribution < -0.4 is 15.4 Å². The molecule has 156 valence electrons. The van der Waals surface area contributed by atoms with Crippen LogP contribution in [0.4, 0.5) is 5.69 Å². The van der Waals surface area contributed by atoms with Gasteiger partial charge in [-0.3, -0.25) is 10.1 Å². The highest BCUT2D eigenvalue weighted by atomic mass is 127. The summed E-state index contributed by atoms with van der Waals surface area (Å²) in [4.78, 5) is 15.0. The Balaban J connectivity index is 0.00000300. The van der Waals surface area contributed by atoms with E-state index in [0.29, 0.717) is 12.5 Å². The van der Waals surface area contributed by atoms with Gasteiger partial charge in [0.1, 0.15) is 11.4 Å². The lowest BCUT2D eigenvalue weighted by Crippen LogP contribution is -2.45. The van der Waals surface area contributed by atoms with Crippen LogP contribution >= 0.6 is 24.0 Å². The lowest BCUT2D eigenvalue weighted by atomic mass is 9.90. The van der Waals surface area contributed by atoms with Crippen molar-refractivity contribution in [1.82, 2.24) is 10.6 Å². The van der Waals surface area contributed by atoms with Crippen molar-refractivity contribution in [3.05, 3.63) is 69.8 Å². The normalized spacial score (nSPS) is 17.3. The number of nitrogens with one attached hydrogen (secondary N) is 2. The fourth-order valence-electron chi connectivity index (χ4n) is 3.31. The second-order valence-electron chi connectivity index (χ2n) is 7.42. The Morgan fingerprint density at radius 3 is 2.59 bits per heavy atom. The summed E-state index contributed by atoms with van der Waals surface area (Å²) in [5, 5.41) is 17.6. The summed E-state index contributed by atoms with van der Waals surface area (Å²) >= 11 is 0. The summed E-state index contributed by atoms with van der Waals surface area (Å²) in [5.41, 5.74) is 1.83. The van der Waals surface area contributed by atoms with Crippen LogP contribution in [0.1, 0.15) is 44.4 Å². The van der Waals surface area contributed by atoms with Crippen LogP contribution in [-0.2, 0) is 6.54 Å². The van der Waals surface area contributed by atoms with Crippen molar-refractivity contribution in [2.75, 3.05) is 6.54 Å². The third-order valence-electron chi connectivity index (χ3n) is 4.60. The first-order valence-electron chi connectivity index (χ1n) is 9.44. The van der Waals surface area contributed by atoms with E-state index in [1.165, 1.54) is 12.1 Å². The van der Waals surface area contributed by atoms with Crippen molar-refractivity contribution >= 4 is 35.6 Å². The Morgan fingerprint density at radius 2 is 1.93 bits per heavy atom. The summed E-state index contributed by atoms with van der Waals surface area (Å²) in [6, 6.07) is 14.6. The van der Waals surface area contributed by atoms with Gasteiger partial charge in [-0.1, -0.05) is 30.3 Å². The van der Waals surface area contributed by atoms with Crippen LogP contribution in [0, 0.1) is 10.1 Å². The molecule has 1 aliphatic rings. The molecule has 29 heavy (non-hydrogen) atoms. The second kappa shape index (κ2) is 9.91. The highest BCUT2D eigenvalue weighted by molar-refractivity contribution is 14.0. The molecule has 1 heterocycles. The average Bonchev–Trinajstić information content (AvgIpc) is 2.65. The van der Waals surface area contributed by atoms with Crippen molar-refractivity contribution in [2.24, 2.45) is 4.99 Å². The standard InChI is InChI=1S/C21H26N4O3.HI/c1-4-22-20(23-14-15-9-11-16(12-10-15)25(26)27)24-18-13-21(2,3)28-19-8-6-5-7-17(18)19;/h5-12,18H,4,13-14H2,1-3H3,(H2,22,23,24);1H. The largest absolute Gasteiger partial charge is 0.487 e. The molecule has 2 N–H and O–H groups in total. The minimum atomic E-state index is -0.400. The zero-order valence-electron chi connectivity index (χ0n) is 16.8. The second-order valence-corrected chi connectivity index (χ2v) is 7.42. The van der Waals surface area contributed by atoms with E-state index in [9.17, 15) is 10.1 Å². The van der Waals surface area contributed by atoms with Gasteiger partial charge in [0.15, 0.2) is 5.96 Å². The SMILES string of the molecule is CCNC(=NCc1ccc([N+](=O)[O-])cc1)NC1CC(C)(C)Oc2ccccc21.I. The van der Waals surface area contributed by atoms with Gasteiger partial charge < -0.3 is 15.4 Å². The molecule has 0 radical (unpaired) electrons. The van der Waals surface area contributed by atoms with Crippen LogP contribution in [0.2, 0.25) is 0 Å². The molecule has 0 spiro atoms. The first kappa shape index (κ1) is 22.9. The lowest BCUT2D eigenvalue weighted by Gasteiger charge is -2.38. The summed E-state index contributed by atoms with van der Waals surface area (Å²) in [5.74, 6) is 1.60. The molecule has 1 unspecified atom stereocenters. The van der Waals surface area contributed by atoms with Gasteiger partial charge >= 0.3 is 0 Å². The number of benzene rings is 2. The molecule has 0 aliphatic carbocycles. The quantitative estimate of drug-likeness (QED) is 0.202. The van der Waals surface area contributed by atoms with Crippen LogP contribution in [0.5, 0.6) is 5.75 Å². The molecule has 2 aromatic carbocycles. The van der Waals surface area contributed by atoms with Crippen LogP contribution in [0.15, 0.2) is 53.5 Å². The van der Waals surface area contributed by atoms with E-state index in [1.807, 2.05) is 25.1 Å². The van der Waals surface area contributed by atoms with Gasteiger partial charge in [0, 0.05) is 30.7 Å². The zero-order chi connectivity index (χ0) is 20.1. The Morgan fingerprint density at radius 1 is 1.24 bits per heavy atom. The average molecular weight is 510 g/mol. The van der Waals surface area contributed by atoms with Gasteiger partial charge in [-0.25, -0.2) is 4.99 Å². The number of hydrogen-bond donors (Lipinski definition) is 2. The number of nitrogens with zero attached hydrogens (tertiary/aromatic N) is 2. The Labute approximate surface area is 188 Å². The fraction of sp³-hybridized carbons (Fsp3) is 0.381. The molecule has 0 saturated heterocycles. The minimum Gasteiger partial charge on any atom is -0.487 e.